The van der Waals surface area contributed by atoms with E-state index in [9.17, 15) is 0 Å². The first-order valence-corrected chi connectivity index (χ1v) is 7.26. The van der Waals surface area contributed by atoms with Crippen LogP contribution in [0, 0.1) is 6.92 Å². The van der Waals surface area contributed by atoms with Gasteiger partial charge in [-0.05, 0) is 19.4 Å². The molecule has 0 aliphatic carbocycles. The molecule has 2 aromatic heterocycles. The second-order valence-electron chi connectivity index (χ2n) is 4.38. The maximum Gasteiger partial charge on any atom is 0.224 e. The normalized spacial score (nSPS) is 10.5. The lowest BCUT2D eigenvalue weighted by Crippen LogP contribution is -2.18. The van der Waals surface area contributed by atoms with Gasteiger partial charge in [0.1, 0.15) is 5.82 Å². The molecular weight excluding hydrogens is 258 g/mol. The molecule has 0 aromatic carbocycles. The molecule has 0 spiro atoms. The van der Waals surface area contributed by atoms with Crippen molar-refractivity contribution in [2.75, 3.05) is 23.8 Å². The predicted molar refractivity (Wildman–Crippen MR) is 79.8 cm³/mol. The fourth-order valence-electron chi connectivity index (χ4n) is 1.69. The van der Waals surface area contributed by atoms with Gasteiger partial charge in [-0.2, -0.15) is 4.98 Å². The highest BCUT2D eigenvalue weighted by molar-refractivity contribution is 7.09. The van der Waals surface area contributed by atoms with E-state index in [0.29, 0.717) is 5.95 Å². The number of aromatic nitrogens is 3. The summed E-state index contributed by atoms with van der Waals surface area (Å²) in [5.74, 6) is 1.58. The van der Waals surface area contributed by atoms with E-state index in [1.165, 1.54) is 0 Å². The Morgan fingerprint density at radius 2 is 2.21 bits per heavy atom. The SMILES string of the molecule is CCCNc1nccc(N(C)Cc2csc(C)n2)n1. The molecule has 0 saturated heterocycles. The lowest BCUT2D eigenvalue weighted by molar-refractivity contribution is 0.862. The summed E-state index contributed by atoms with van der Waals surface area (Å²) in [7, 11) is 2.01. The van der Waals surface area contributed by atoms with Crippen LogP contribution in [0.3, 0.4) is 0 Å². The molecule has 0 amide bonds. The number of hydrogen-bond acceptors (Lipinski definition) is 6. The fraction of sp³-hybridized carbons (Fsp3) is 0.462. The fourth-order valence-corrected chi connectivity index (χ4v) is 2.29. The van der Waals surface area contributed by atoms with Crippen molar-refractivity contribution in [3.05, 3.63) is 28.3 Å². The van der Waals surface area contributed by atoms with Gasteiger partial charge >= 0.3 is 0 Å². The molecule has 19 heavy (non-hydrogen) atoms. The predicted octanol–water partition coefficient (Wildman–Crippen LogP) is 2.70. The lowest BCUT2D eigenvalue weighted by atomic mass is 10.4. The monoisotopic (exact) mass is 277 g/mol. The van der Waals surface area contributed by atoms with Gasteiger partial charge in [-0.3, -0.25) is 0 Å². The third-order valence-electron chi connectivity index (χ3n) is 2.63. The first kappa shape index (κ1) is 13.7. The standard InChI is InChI=1S/C13H19N5S/c1-4-6-14-13-15-7-5-12(17-13)18(3)8-11-9-19-10(2)16-11/h5,7,9H,4,6,8H2,1-3H3,(H,14,15,17). The molecule has 0 bridgehead atoms. The largest absolute Gasteiger partial charge is 0.354 e. The Morgan fingerprint density at radius 3 is 2.89 bits per heavy atom. The van der Waals surface area contributed by atoms with Gasteiger partial charge < -0.3 is 10.2 Å². The Balaban J connectivity index is 2.03. The van der Waals surface area contributed by atoms with Crippen molar-refractivity contribution in [3.8, 4) is 0 Å². The molecule has 102 valence electrons. The molecule has 0 saturated carbocycles. The van der Waals surface area contributed by atoms with Crippen molar-refractivity contribution in [3.63, 3.8) is 0 Å². The summed E-state index contributed by atoms with van der Waals surface area (Å²) >= 11 is 1.67. The first-order chi connectivity index (χ1) is 9.19. The third-order valence-corrected chi connectivity index (χ3v) is 3.45. The van der Waals surface area contributed by atoms with Crippen LogP contribution in [0.2, 0.25) is 0 Å². The summed E-state index contributed by atoms with van der Waals surface area (Å²) in [5, 5.41) is 6.38. The van der Waals surface area contributed by atoms with E-state index in [-0.39, 0.29) is 0 Å². The molecule has 2 rings (SSSR count). The van der Waals surface area contributed by atoms with Crippen molar-refractivity contribution in [1.82, 2.24) is 15.0 Å². The van der Waals surface area contributed by atoms with Crippen molar-refractivity contribution >= 4 is 23.1 Å². The van der Waals surface area contributed by atoms with Crippen LogP contribution in [0.4, 0.5) is 11.8 Å². The van der Waals surface area contributed by atoms with Crippen LogP contribution in [0.15, 0.2) is 17.6 Å². The first-order valence-electron chi connectivity index (χ1n) is 6.38. The highest BCUT2D eigenvalue weighted by Crippen LogP contribution is 2.15. The van der Waals surface area contributed by atoms with E-state index < -0.39 is 0 Å². The van der Waals surface area contributed by atoms with E-state index in [2.05, 4.69) is 37.5 Å². The third kappa shape index (κ3) is 3.89. The average Bonchev–Trinajstić information content (AvgIpc) is 2.82. The molecule has 0 atom stereocenters. The highest BCUT2D eigenvalue weighted by atomic mass is 32.1. The molecule has 6 heteroatoms. The minimum Gasteiger partial charge on any atom is -0.354 e. The van der Waals surface area contributed by atoms with Crippen LogP contribution in [-0.2, 0) is 6.54 Å². The van der Waals surface area contributed by atoms with Gasteiger partial charge in [0.05, 0.1) is 17.2 Å². The highest BCUT2D eigenvalue weighted by Gasteiger charge is 2.07. The van der Waals surface area contributed by atoms with Crippen LogP contribution in [0.1, 0.15) is 24.0 Å². The molecule has 2 aromatic rings. The molecular formula is C13H19N5S. The molecule has 0 radical (unpaired) electrons. The van der Waals surface area contributed by atoms with Gasteiger partial charge in [-0.15, -0.1) is 11.3 Å². The Labute approximate surface area is 117 Å². The van der Waals surface area contributed by atoms with Gasteiger partial charge in [-0.25, -0.2) is 9.97 Å². The van der Waals surface area contributed by atoms with E-state index in [1.807, 2.05) is 20.0 Å². The van der Waals surface area contributed by atoms with Crippen LogP contribution in [0.25, 0.3) is 0 Å². The Hall–Kier alpha value is -1.69. The Morgan fingerprint density at radius 1 is 1.37 bits per heavy atom. The minimum atomic E-state index is 0.681. The summed E-state index contributed by atoms with van der Waals surface area (Å²) in [6.07, 6.45) is 2.84. The van der Waals surface area contributed by atoms with E-state index >= 15 is 0 Å². The summed E-state index contributed by atoms with van der Waals surface area (Å²) in [6, 6.07) is 1.91. The molecule has 1 N–H and O–H groups in total. The van der Waals surface area contributed by atoms with Crippen LogP contribution < -0.4 is 10.2 Å². The number of rotatable bonds is 6. The number of nitrogens with zero attached hydrogens (tertiary/aromatic N) is 4. The second kappa shape index (κ2) is 6.47. The Kier molecular flexibility index (Phi) is 4.68. The van der Waals surface area contributed by atoms with Gasteiger partial charge in [0.25, 0.3) is 0 Å². The number of aryl methyl sites for hydroxylation is 1. The van der Waals surface area contributed by atoms with Crippen molar-refractivity contribution in [1.29, 1.82) is 0 Å². The quantitative estimate of drug-likeness (QED) is 0.880. The number of anilines is 2. The zero-order chi connectivity index (χ0) is 13.7. The lowest BCUT2D eigenvalue weighted by Gasteiger charge is -2.17. The van der Waals surface area contributed by atoms with E-state index in [4.69, 9.17) is 0 Å². The molecule has 2 heterocycles. The summed E-state index contributed by atoms with van der Waals surface area (Å²) < 4.78 is 0. The summed E-state index contributed by atoms with van der Waals surface area (Å²) in [6.45, 7) is 5.78. The number of nitrogens with one attached hydrogen (secondary N) is 1. The molecule has 0 aliphatic rings. The maximum atomic E-state index is 4.49. The second-order valence-corrected chi connectivity index (χ2v) is 5.44. The van der Waals surface area contributed by atoms with Gasteiger partial charge in [0.15, 0.2) is 0 Å². The molecule has 0 fully saturated rings. The molecule has 5 nitrogen and oxygen atoms in total. The zero-order valence-corrected chi connectivity index (χ0v) is 12.4. The van der Waals surface area contributed by atoms with Crippen LogP contribution in [0.5, 0.6) is 0 Å². The van der Waals surface area contributed by atoms with Crippen LogP contribution in [-0.4, -0.2) is 28.5 Å². The Bertz CT molecular complexity index is 525. The van der Waals surface area contributed by atoms with Crippen molar-refractivity contribution in [2.45, 2.75) is 26.8 Å². The summed E-state index contributed by atoms with van der Waals surface area (Å²) in [5.41, 5.74) is 1.08. The summed E-state index contributed by atoms with van der Waals surface area (Å²) in [4.78, 5) is 15.2. The van der Waals surface area contributed by atoms with E-state index in [0.717, 1.165) is 36.0 Å². The van der Waals surface area contributed by atoms with Gasteiger partial charge in [-0.1, -0.05) is 6.92 Å². The molecule has 0 unspecified atom stereocenters. The topological polar surface area (TPSA) is 53.9 Å². The van der Waals surface area contributed by atoms with Gasteiger partial charge in [0, 0.05) is 25.2 Å². The zero-order valence-electron chi connectivity index (χ0n) is 11.6. The van der Waals surface area contributed by atoms with E-state index in [1.54, 1.807) is 17.5 Å². The minimum absolute atomic E-state index is 0.681. The molecule has 0 aliphatic heterocycles. The van der Waals surface area contributed by atoms with Crippen molar-refractivity contribution in [2.24, 2.45) is 0 Å². The average molecular weight is 277 g/mol. The number of hydrogen-bond donors (Lipinski definition) is 1. The van der Waals surface area contributed by atoms with Gasteiger partial charge in [0.2, 0.25) is 5.95 Å². The maximum absolute atomic E-state index is 4.49. The van der Waals surface area contributed by atoms with Crippen LogP contribution >= 0.6 is 11.3 Å². The number of thiazole rings is 1. The van der Waals surface area contributed by atoms with Crippen molar-refractivity contribution < 1.29 is 0 Å². The smallest absolute Gasteiger partial charge is 0.224 e.